The van der Waals surface area contributed by atoms with Crippen LogP contribution in [0.25, 0.3) is 0 Å². The van der Waals surface area contributed by atoms with Gasteiger partial charge in [0.2, 0.25) is 5.95 Å². The molecule has 94 valence electrons. The molecule has 18 heavy (non-hydrogen) atoms. The van der Waals surface area contributed by atoms with Gasteiger partial charge in [-0.1, -0.05) is 26.0 Å². The Bertz CT molecular complexity index is 549. The molecule has 0 fully saturated rings. The molecule has 0 aliphatic carbocycles. The summed E-state index contributed by atoms with van der Waals surface area (Å²) in [6.07, 6.45) is 1.72. The van der Waals surface area contributed by atoms with Crippen molar-refractivity contribution in [3.8, 4) is 0 Å². The third-order valence-electron chi connectivity index (χ3n) is 2.81. The fourth-order valence-electron chi connectivity index (χ4n) is 1.69. The summed E-state index contributed by atoms with van der Waals surface area (Å²) in [4.78, 5) is 8.15. The highest BCUT2D eigenvalue weighted by Gasteiger charge is 2.04. The van der Waals surface area contributed by atoms with Gasteiger partial charge in [-0.2, -0.15) is 4.98 Å². The maximum Gasteiger partial charge on any atom is 0.221 e. The van der Waals surface area contributed by atoms with E-state index in [1.54, 1.807) is 6.20 Å². The second kappa shape index (κ2) is 5.04. The van der Waals surface area contributed by atoms with Crippen molar-refractivity contribution in [2.75, 3.05) is 11.1 Å². The second-order valence-corrected chi connectivity index (χ2v) is 4.66. The molecule has 1 aromatic heterocycles. The first-order valence-electron chi connectivity index (χ1n) is 6.02. The van der Waals surface area contributed by atoms with E-state index in [9.17, 15) is 0 Å². The van der Waals surface area contributed by atoms with E-state index in [2.05, 4.69) is 41.3 Å². The average Bonchev–Trinajstić information content (AvgIpc) is 2.34. The van der Waals surface area contributed by atoms with Crippen LogP contribution in [-0.4, -0.2) is 9.97 Å². The number of hydrogen-bond acceptors (Lipinski definition) is 4. The molecule has 0 aliphatic heterocycles. The van der Waals surface area contributed by atoms with E-state index in [-0.39, 0.29) is 5.95 Å². The van der Waals surface area contributed by atoms with Crippen LogP contribution in [0, 0.1) is 6.92 Å². The first-order valence-corrected chi connectivity index (χ1v) is 6.02. The highest BCUT2D eigenvalue weighted by atomic mass is 15.1. The van der Waals surface area contributed by atoms with Crippen LogP contribution in [0.1, 0.15) is 30.9 Å². The number of nitrogen functional groups attached to an aromatic ring is 1. The van der Waals surface area contributed by atoms with Gasteiger partial charge < -0.3 is 11.1 Å². The van der Waals surface area contributed by atoms with Gasteiger partial charge in [0.05, 0.1) is 0 Å². The van der Waals surface area contributed by atoms with Gasteiger partial charge in [-0.15, -0.1) is 0 Å². The first-order chi connectivity index (χ1) is 8.56. The summed E-state index contributed by atoms with van der Waals surface area (Å²) in [5.41, 5.74) is 8.88. The lowest BCUT2D eigenvalue weighted by Gasteiger charge is -2.11. The minimum atomic E-state index is 0.281. The summed E-state index contributed by atoms with van der Waals surface area (Å²) in [5, 5.41) is 3.28. The standard InChI is InChI=1S/C14H18N4/c1-9(2)11-5-4-6-12(7-11)17-13-10(3)8-16-14(15)18-13/h4-9H,1-3H3,(H3,15,16,17,18). The molecule has 0 bridgehead atoms. The Morgan fingerprint density at radius 2 is 2.06 bits per heavy atom. The summed E-state index contributed by atoms with van der Waals surface area (Å²) in [7, 11) is 0. The molecule has 4 nitrogen and oxygen atoms in total. The quantitative estimate of drug-likeness (QED) is 0.867. The molecule has 4 heteroatoms. The Morgan fingerprint density at radius 3 is 2.78 bits per heavy atom. The molecule has 1 aromatic carbocycles. The van der Waals surface area contributed by atoms with Gasteiger partial charge in [0.25, 0.3) is 0 Å². The maximum absolute atomic E-state index is 5.60. The third kappa shape index (κ3) is 2.77. The number of hydrogen-bond donors (Lipinski definition) is 2. The van der Waals surface area contributed by atoms with Gasteiger partial charge in [-0.25, -0.2) is 4.98 Å². The van der Waals surface area contributed by atoms with Gasteiger partial charge >= 0.3 is 0 Å². The van der Waals surface area contributed by atoms with E-state index in [4.69, 9.17) is 5.73 Å². The van der Waals surface area contributed by atoms with Crippen molar-refractivity contribution in [2.24, 2.45) is 0 Å². The monoisotopic (exact) mass is 242 g/mol. The topological polar surface area (TPSA) is 63.8 Å². The highest BCUT2D eigenvalue weighted by Crippen LogP contribution is 2.22. The van der Waals surface area contributed by atoms with Crippen molar-refractivity contribution < 1.29 is 0 Å². The van der Waals surface area contributed by atoms with Crippen LogP contribution in [0.4, 0.5) is 17.5 Å². The van der Waals surface area contributed by atoms with E-state index in [0.29, 0.717) is 5.92 Å². The van der Waals surface area contributed by atoms with E-state index >= 15 is 0 Å². The maximum atomic E-state index is 5.60. The number of nitrogens with zero attached hydrogens (tertiary/aromatic N) is 2. The molecule has 0 saturated carbocycles. The molecular formula is C14H18N4. The Labute approximate surface area is 107 Å². The van der Waals surface area contributed by atoms with E-state index < -0.39 is 0 Å². The average molecular weight is 242 g/mol. The largest absolute Gasteiger partial charge is 0.368 e. The number of nitrogens with one attached hydrogen (secondary N) is 1. The van der Waals surface area contributed by atoms with Gasteiger partial charge in [0.15, 0.2) is 0 Å². The fourth-order valence-corrected chi connectivity index (χ4v) is 1.69. The summed E-state index contributed by atoms with van der Waals surface area (Å²) in [6, 6.07) is 8.31. The van der Waals surface area contributed by atoms with Crippen molar-refractivity contribution >= 4 is 17.5 Å². The van der Waals surface area contributed by atoms with Crippen LogP contribution in [-0.2, 0) is 0 Å². The number of aryl methyl sites for hydroxylation is 1. The zero-order valence-corrected chi connectivity index (χ0v) is 10.9. The number of anilines is 3. The summed E-state index contributed by atoms with van der Waals surface area (Å²) >= 11 is 0. The summed E-state index contributed by atoms with van der Waals surface area (Å²) < 4.78 is 0. The Hall–Kier alpha value is -2.10. The van der Waals surface area contributed by atoms with Crippen molar-refractivity contribution in [1.82, 2.24) is 9.97 Å². The lowest BCUT2D eigenvalue weighted by atomic mass is 10.0. The van der Waals surface area contributed by atoms with Crippen LogP contribution in [0.15, 0.2) is 30.5 Å². The summed E-state index contributed by atoms with van der Waals surface area (Å²) in [5.74, 6) is 1.54. The molecule has 0 saturated heterocycles. The Morgan fingerprint density at radius 1 is 1.28 bits per heavy atom. The minimum Gasteiger partial charge on any atom is -0.368 e. The van der Waals surface area contributed by atoms with Crippen LogP contribution in [0.3, 0.4) is 0 Å². The number of aromatic nitrogens is 2. The predicted octanol–water partition coefficient (Wildman–Crippen LogP) is 3.23. The molecule has 2 rings (SSSR count). The lowest BCUT2D eigenvalue weighted by molar-refractivity contribution is 0.867. The molecule has 1 heterocycles. The van der Waals surface area contributed by atoms with Crippen LogP contribution >= 0.6 is 0 Å². The Balaban J connectivity index is 2.28. The van der Waals surface area contributed by atoms with Crippen LogP contribution < -0.4 is 11.1 Å². The normalized spacial score (nSPS) is 10.7. The number of nitrogens with two attached hydrogens (primary N) is 1. The molecule has 0 aliphatic rings. The SMILES string of the molecule is Cc1cnc(N)nc1Nc1cccc(C(C)C)c1. The van der Waals surface area contributed by atoms with E-state index in [0.717, 1.165) is 17.1 Å². The lowest BCUT2D eigenvalue weighted by Crippen LogP contribution is -2.02. The van der Waals surface area contributed by atoms with Gasteiger partial charge in [-0.3, -0.25) is 0 Å². The van der Waals surface area contributed by atoms with Crippen molar-refractivity contribution in [1.29, 1.82) is 0 Å². The van der Waals surface area contributed by atoms with Crippen LogP contribution in [0.2, 0.25) is 0 Å². The predicted molar refractivity (Wildman–Crippen MR) is 75.0 cm³/mol. The molecule has 0 amide bonds. The van der Waals surface area contributed by atoms with Gasteiger partial charge in [0.1, 0.15) is 5.82 Å². The zero-order valence-electron chi connectivity index (χ0n) is 10.9. The third-order valence-corrected chi connectivity index (χ3v) is 2.81. The number of benzene rings is 1. The van der Waals surface area contributed by atoms with Crippen molar-refractivity contribution in [3.63, 3.8) is 0 Å². The van der Waals surface area contributed by atoms with E-state index in [1.165, 1.54) is 5.56 Å². The van der Waals surface area contributed by atoms with Gasteiger partial charge in [-0.05, 0) is 30.5 Å². The molecule has 0 unspecified atom stereocenters. The molecule has 0 spiro atoms. The fraction of sp³-hybridized carbons (Fsp3) is 0.286. The summed E-state index contributed by atoms with van der Waals surface area (Å²) in [6.45, 7) is 6.30. The highest BCUT2D eigenvalue weighted by molar-refractivity contribution is 5.60. The number of rotatable bonds is 3. The zero-order chi connectivity index (χ0) is 13.1. The molecular weight excluding hydrogens is 224 g/mol. The molecule has 3 N–H and O–H groups in total. The molecule has 2 aromatic rings. The first kappa shape index (κ1) is 12.4. The van der Waals surface area contributed by atoms with Gasteiger partial charge in [0, 0.05) is 17.4 Å². The smallest absolute Gasteiger partial charge is 0.221 e. The van der Waals surface area contributed by atoms with Crippen molar-refractivity contribution in [2.45, 2.75) is 26.7 Å². The minimum absolute atomic E-state index is 0.281. The Kier molecular flexibility index (Phi) is 3.46. The molecule has 0 atom stereocenters. The second-order valence-electron chi connectivity index (χ2n) is 4.66. The van der Waals surface area contributed by atoms with Crippen LogP contribution in [0.5, 0.6) is 0 Å². The molecule has 0 radical (unpaired) electrons. The van der Waals surface area contributed by atoms with E-state index in [1.807, 2.05) is 19.1 Å². The van der Waals surface area contributed by atoms with Crippen molar-refractivity contribution in [3.05, 3.63) is 41.6 Å².